The zero-order chi connectivity index (χ0) is 13.3. The van der Waals surface area contributed by atoms with Crippen molar-refractivity contribution in [2.24, 2.45) is 5.92 Å². The number of nitrogen functional groups attached to an aromatic ring is 1. The van der Waals surface area contributed by atoms with E-state index in [0.717, 1.165) is 22.9 Å². The molecule has 0 aliphatic rings. The van der Waals surface area contributed by atoms with Crippen LogP contribution in [0.15, 0.2) is 18.2 Å². The van der Waals surface area contributed by atoms with E-state index in [1.165, 1.54) is 18.4 Å². The maximum Gasteiger partial charge on any atom is 0.106 e. The molecule has 0 radical (unpaired) electrons. The van der Waals surface area contributed by atoms with Crippen LogP contribution in [0.1, 0.15) is 45.5 Å². The Kier molecular flexibility index (Phi) is 3.60. The summed E-state index contributed by atoms with van der Waals surface area (Å²) in [4.78, 5) is 4.61. The Morgan fingerprint density at radius 2 is 1.94 bits per heavy atom. The van der Waals surface area contributed by atoms with E-state index in [9.17, 15) is 0 Å². The molecule has 0 bridgehead atoms. The molecule has 0 aliphatic carbocycles. The summed E-state index contributed by atoms with van der Waals surface area (Å²) in [7, 11) is 0. The second-order valence-corrected chi connectivity index (χ2v) is 5.60. The second kappa shape index (κ2) is 5.01. The highest BCUT2D eigenvalue weighted by molar-refractivity contribution is 5.79. The van der Waals surface area contributed by atoms with Gasteiger partial charge in [0.05, 0.1) is 11.0 Å². The Labute approximate surface area is 109 Å². The van der Waals surface area contributed by atoms with Crippen LogP contribution >= 0.6 is 0 Å². The van der Waals surface area contributed by atoms with Crippen molar-refractivity contribution in [1.29, 1.82) is 0 Å². The molecule has 1 aromatic heterocycles. The van der Waals surface area contributed by atoms with E-state index in [-0.39, 0.29) is 0 Å². The van der Waals surface area contributed by atoms with Crippen molar-refractivity contribution in [2.45, 2.75) is 46.6 Å². The first-order chi connectivity index (χ1) is 8.49. The molecular formula is C15H23N3. The number of hydrogen-bond acceptors (Lipinski definition) is 2. The molecule has 1 unspecified atom stereocenters. The van der Waals surface area contributed by atoms with Crippen LogP contribution in [-0.4, -0.2) is 9.55 Å². The normalized spacial score (nSPS) is 13.4. The summed E-state index contributed by atoms with van der Waals surface area (Å²) in [5.74, 6) is 1.82. The minimum atomic E-state index is 0.487. The van der Waals surface area contributed by atoms with Gasteiger partial charge in [0.2, 0.25) is 0 Å². The minimum absolute atomic E-state index is 0.487. The second-order valence-electron chi connectivity index (χ2n) is 5.60. The highest BCUT2D eigenvalue weighted by Crippen LogP contribution is 2.26. The molecule has 1 aromatic carbocycles. The number of rotatable bonds is 4. The van der Waals surface area contributed by atoms with Crippen LogP contribution in [0.25, 0.3) is 11.0 Å². The quantitative estimate of drug-likeness (QED) is 0.829. The molecule has 2 N–H and O–H groups in total. The van der Waals surface area contributed by atoms with E-state index in [4.69, 9.17) is 5.73 Å². The lowest BCUT2D eigenvalue weighted by Gasteiger charge is -2.17. The zero-order valence-corrected chi connectivity index (χ0v) is 11.8. The third kappa shape index (κ3) is 2.50. The van der Waals surface area contributed by atoms with Crippen molar-refractivity contribution in [3.63, 3.8) is 0 Å². The molecule has 0 fully saturated rings. The van der Waals surface area contributed by atoms with Crippen molar-refractivity contribution in [3.05, 3.63) is 24.0 Å². The number of benzene rings is 1. The van der Waals surface area contributed by atoms with E-state index in [0.29, 0.717) is 6.04 Å². The molecule has 3 heteroatoms. The highest BCUT2D eigenvalue weighted by atomic mass is 15.1. The summed E-state index contributed by atoms with van der Waals surface area (Å²) in [5.41, 5.74) is 8.78. The zero-order valence-electron chi connectivity index (χ0n) is 11.8. The Hall–Kier alpha value is -1.51. The number of nitrogens with two attached hydrogens (primary N) is 1. The maximum atomic E-state index is 5.81. The molecule has 18 heavy (non-hydrogen) atoms. The van der Waals surface area contributed by atoms with Gasteiger partial charge < -0.3 is 10.3 Å². The van der Waals surface area contributed by atoms with Gasteiger partial charge in [-0.2, -0.15) is 0 Å². The minimum Gasteiger partial charge on any atom is -0.399 e. The van der Waals surface area contributed by atoms with Crippen LogP contribution < -0.4 is 5.73 Å². The van der Waals surface area contributed by atoms with Crippen LogP contribution in [0.2, 0.25) is 0 Å². The first-order valence-corrected chi connectivity index (χ1v) is 6.73. The number of anilines is 1. The average molecular weight is 245 g/mol. The number of nitrogens with zero attached hydrogens (tertiary/aromatic N) is 2. The van der Waals surface area contributed by atoms with Gasteiger partial charge in [-0.1, -0.05) is 13.8 Å². The molecule has 1 heterocycles. The molecule has 2 aromatic rings. The molecule has 2 rings (SSSR count). The van der Waals surface area contributed by atoms with Gasteiger partial charge in [0.15, 0.2) is 0 Å². The van der Waals surface area contributed by atoms with E-state index >= 15 is 0 Å². The SMILES string of the molecule is Cc1nc2cc(N)ccc2n1C(C)CCC(C)C. The summed E-state index contributed by atoms with van der Waals surface area (Å²) in [5, 5.41) is 0. The third-order valence-corrected chi connectivity index (χ3v) is 3.49. The molecule has 0 saturated heterocycles. The molecular weight excluding hydrogens is 222 g/mol. The summed E-state index contributed by atoms with van der Waals surface area (Å²) in [6.07, 6.45) is 2.43. The van der Waals surface area contributed by atoms with Gasteiger partial charge in [0.25, 0.3) is 0 Å². The molecule has 3 nitrogen and oxygen atoms in total. The molecule has 0 spiro atoms. The Morgan fingerprint density at radius 1 is 1.22 bits per heavy atom. The van der Waals surface area contributed by atoms with Crippen LogP contribution in [0.3, 0.4) is 0 Å². The smallest absolute Gasteiger partial charge is 0.106 e. The number of aromatic nitrogens is 2. The lowest BCUT2D eigenvalue weighted by atomic mass is 10.0. The van der Waals surface area contributed by atoms with Gasteiger partial charge in [-0.05, 0) is 50.8 Å². The van der Waals surface area contributed by atoms with E-state index in [1.54, 1.807) is 0 Å². The molecule has 0 aliphatic heterocycles. The monoisotopic (exact) mass is 245 g/mol. The van der Waals surface area contributed by atoms with Crippen LogP contribution in [0, 0.1) is 12.8 Å². The van der Waals surface area contributed by atoms with Crippen LogP contribution in [0.4, 0.5) is 5.69 Å². The topological polar surface area (TPSA) is 43.8 Å². The highest BCUT2D eigenvalue weighted by Gasteiger charge is 2.13. The van der Waals surface area contributed by atoms with Crippen LogP contribution in [-0.2, 0) is 0 Å². The van der Waals surface area contributed by atoms with Gasteiger partial charge in [0, 0.05) is 11.7 Å². The molecule has 0 saturated carbocycles. The van der Waals surface area contributed by atoms with Crippen LogP contribution in [0.5, 0.6) is 0 Å². The maximum absolute atomic E-state index is 5.81. The number of aryl methyl sites for hydroxylation is 1. The summed E-state index contributed by atoms with van der Waals surface area (Å²) < 4.78 is 2.33. The van der Waals surface area contributed by atoms with Crippen molar-refractivity contribution in [3.8, 4) is 0 Å². The lowest BCUT2D eigenvalue weighted by Crippen LogP contribution is -2.08. The first-order valence-electron chi connectivity index (χ1n) is 6.73. The Balaban J connectivity index is 2.34. The van der Waals surface area contributed by atoms with E-state index in [2.05, 4.69) is 43.3 Å². The Morgan fingerprint density at radius 3 is 2.61 bits per heavy atom. The van der Waals surface area contributed by atoms with Gasteiger partial charge >= 0.3 is 0 Å². The fraction of sp³-hybridized carbons (Fsp3) is 0.533. The Bertz CT molecular complexity index is 540. The largest absolute Gasteiger partial charge is 0.399 e. The predicted molar refractivity (Wildman–Crippen MR) is 77.7 cm³/mol. The van der Waals surface area contributed by atoms with Crippen molar-refractivity contribution in [2.75, 3.05) is 5.73 Å². The summed E-state index contributed by atoms with van der Waals surface area (Å²) in [6.45, 7) is 8.88. The summed E-state index contributed by atoms with van der Waals surface area (Å²) >= 11 is 0. The molecule has 0 amide bonds. The standard InChI is InChI=1S/C15H23N3/c1-10(2)5-6-11(3)18-12(4)17-14-9-13(16)7-8-15(14)18/h7-11H,5-6,16H2,1-4H3. The molecule has 98 valence electrons. The van der Waals surface area contributed by atoms with E-state index < -0.39 is 0 Å². The van der Waals surface area contributed by atoms with E-state index in [1.807, 2.05) is 12.1 Å². The molecule has 1 atom stereocenters. The summed E-state index contributed by atoms with van der Waals surface area (Å²) in [6, 6.07) is 6.47. The van der Waals surface area contributed by atoms with Gasteiger partial charge in [-0.25, -0.2) is 4.98 Å². The lowest BCUT2D eigenvalue weighted by molar-refractivity contribution is 0.441. The average Bonchev–Trinajstić information content (AvgIpc) is 2.61. The first kappa shape index (κ1) is 12.9. The number of fused-ring (bicyclic) bond motifs is 1. The number of hydrogen-bond donors (Lipinski definition) is 1. The fourth-order valence-corrected chi connectivity index (χ4v) is 2.50. The predicted octanol–water partition coefficient (Wildman–Crippen LogP) is 3.92. The van der Waals surface area contributed by atoms with Gasteiger partial charge in [0.1, 0.15) is 5.82 Å². The third-order valence-electron chi connectivity index (χ3n) is 3.49. The van der Waals surface area contributed by atoms with Gasteiger partial charge in [-0.15, -0.1) is 0 Å². The number of imidazole rings is 1. The fourth-order valence-electron chi connectivity index (χ4n) is 2.50. The van der Waals surface area contributed by atoms with Crippen molar-refractivity contribution < 1.29 is 0 Å². The van der Waals surface area contributed by atoms with Gasteiger partial charge in [-0.3, -0.25) is 0 Å². The van der Waals surface area contributed by atoms with Crippen molar-refractivity contribution >= 4 is 16.7 Å². The van der Waals surface area contributed by atoms with Crippen molar-refractivity contribution in [1.82, 2.24) is 9.55 Å².